The van der Waals surface area contributed by atoms with Gasteiger partial charge in [0.2, 0.25) is 0 Å². The van der Waals surface area contributed by atoms with Crippen molar-refractivity contribution in [1.29, 1.82) is 0 Å². The molecule has 0 aromatic heterocycles. The molecule has 0 aromatic carbocycles. The van der Waals surface area contributed by atoms with E-state index in [9.17, 15) is 17.4 Å². The minimum absolute atomic E-state index is 0. The summed E-state index contributed by atoms with van der Waals surface area (Å²) in [4.78, 5) is 0. The first kappa shape index (κ1) is 12.2. The van der Waals surface area contributed by atoms with Crippen LogP contribution in [0.1, 0.15) is 0 Å². The van der Waals surface area contributed by atoms with E-state index in [-0.39, 0.29) is 19.5 Å². The zero-order valence-corrected chi connectivity index (χ0v) is 8.04. The van der Waals surface area contributed by atoms with Gasteiger partial charge in [-0.05, 0) is 0 Å². The van der Waals surface area contributed by atoms with Gasteiger partial charge in [0.25, 0.3) is 11.9 Å². The SMILES string of the molecule is O=S(O)C(F)C(F)F.[Zn]. The molecule has 0 saturated heterocycles. The first-order valence-corrected chi connectivity index (χ1v) is 2.74. The molecule has 0 aromatic rings. The number of halogens is 3. The van der Waals surface area contributed by atoms with Crippen LogP contribution < -0.4 is 0 Å². The Morgan fingerprint density at radius 1 is 1.33 bits per heavy atom. The van der Waals surface area contributed by atoms with Crippen LogP contribution in [-0.4, -0.2) is 20.7 Å². The molecule has 2 atom stereocenters. The largest absolute Gasteiger partial charge is 0.304 e. The van der Waals surface area contributed by atoms with E-state index in [1.807, 2.05) is 0 Å². The quantitative estimate of drug-likeness (QED) is 0.543. The van der Waals surface area contributed by atoms with Crippen LogP contribution in [-0.2, 0) is 30.6 Å². The molecule has 0 aliphatic carbocycles. The maximum atomic E-state index is 11.3. The van der Waals surface area contributed by atoms with E-state index >= 15 is 0 Å². The second-order valence-corrected chi connectivity index (χ2v) is 1.96. The Bertz CT molecular complexity index is 99.8. The first-order chi connectivity index (χ1) is 3.55. The molecule has 0 aliphatic heterocycles. The van der Waals surface area contributed by atoms with Crippen LogP contribution in [0.4, 0.5) is 13.2 Å². The van der Waals surface area contributed by atoms with E-state index in [2.05, 4.69) is 0 Å². The summed E-state index contributed by atoms with van der Waals surface area (Å²) in [6, 6.07) is 0. The molecule has 0 aliphatic rings. The van der Waals surface area contributed by atoms with Gasteiger partial charge in [-0.25, -0.2) is 17.4 Å². The molecule has 0 bridgehead atoms. The van der Waals surface area contributed by atoms with Crippen molar-refractivity contribution in [3.8, 4) is 0 Å². The zero-order valence-electron chi connectivity index (χ0n) is 4.26. The predicted octanol–water partition coefficient (Wildman–Crippen LogP) is 0.766. The molecule has 0 fully saturated rings. The molecule has 0 saturated carbocycles. The summed E-state index contributed by atoms with van der Waals surface area (Å²) in [5.41, 5.74) is -2.94. The second kappa shape index (κ2) is 5.32. The van der Waals surface area contributed by atoms with Crippen molar-refractivity contribution < 1.29 is 41.4 Å². The summed E-state index contributed by atoms with van der Waals surface area (Å²) in [5, 5.41) is 0. The number of hydrogen-bond donors (Lipinski definition) is 1. The summed E-state index contributed by atoms with van der Waals surface area (Å²) in [6.45, 7) is 0. The molecule has 0 rings (SSSR count). The molecule has 7 heteroatoms. The second-order valence-electron chi connectivity index (χ2n) is 0.962. The van der Waals surface area contributed by atoms with Crippen molar-refractivity contribution in [1.82, 2.24) is 0 Å². The third-order valence-electron chi connectivity index (χ3n) is 0.391. The fourth-order valence-corrected chi connectivity index (χ4v) is 0.264. The first-order valence-electron chi connectivity index (χ1n) is 1.57. The Morgan fingerprint density at radius 3 is 1.67 bits per heavy atom. The maximum Gasteiger partial charge on any atom is 0.283 e. The van der Waals surface area contributed by atoms with Gasteiger partial charge in [0.15, 0.2) is 11.1 Å². The monoisotopic (exact) mass is 212 g/mol. The third-order valence-corrected chi connectivity index (χ3v) is 0.982. The predicted molar refractivity (Wildman–Crippen MR) is 21.7 cm³/mol. The maximum absolute atomic E-state index is 11.3. The van der Waals surface area contributed by atoms with E-state index < -0.39 is 23.0 Å². The fourth-order valence-electron chi connectivity index (χ4n) is 0.0880. The van der Waals surface area contributed by atoms with Crippen LogP contribution in [0.3, 0.4) is 0 Å². The molecule has 9 heavy (non-hydrogen) atoms. The number of hydrogen-bond acceptors (Lipinski definition) is 1. The van der Waals surface area contributed by atoms with E-state index in [0.717, 1.165) is 0 Å². The van der Waals surface area contributed by atoms with Gasteiger partial charge >= 0.3 is 0 Å². The van der Waals surface area contributed by atoms with Gasteiger partial charge in [0.05, 0.1) is 0 Å². The van der Waals surface area contributed by atoms with Crippen LogP contribution in [0, 0.1) is 0 Å². The van der Waals surface area contributed by atoms with Crippen molar-refractivity contribution in [3.05, 3.63) is 0 Å². The smallest absolute Gasteiger partial charge is 0.283 e. The van der Waals surface area contributed by atoms with Gasteiger partial charge < -0.3 is 4.55 Å². The van der Waals surface area contributed by atoms with Crippen LogP contribution in [0.5, 0.6) is 0 Å². The van der Waals surface area contributed by atoms with Crippen LogP contribution in [0.25, 0.3) is 0 Å². The van der Waals surface area contributed by atoms with E-state index in [1.54, 1.807) is 0 Å². The van der Waals surface area contributed by atoms with Crippen molar-refractivity contribution in [2.24, 2.45) is 0 Å². The zero-order chi connectivity index (χ0) is 6.73. The summed E-state index contributed by atoms with van der Waals surface area (Å²) in [7, 11) is 0. The van der Waals surface area contributed by atoms with Crippen molar-refractivity contribution >= 4 is 11.1 Å². The Kier molecular flexibility index (Phi) is 7.22. The third kappa shape index (κ3) is 4.99. The number of rotatable bonds is 2. The average molecular weight is 213 g/mol. The summed E-state index contributed by atoms with van der Waals surface area (Å²) in [6.07, 6.45) is -3.37. The summed E-state index contributed by atoms with van der Waals surface area (Å²) in [5.74, 6) is 0. The molecular formula is C2H3F3O2SZn. The molecule has 0 radical (unpaired) electrons. The Balaban J connectivity index is 0. The van der Waals surface area contributed by atoms with Gasteiger partial charge in [-0.3, -0.25) is 0 Å². The molecule has 1 N–H and O–H groups in total. The van der Waals surface area contributed by atoms with Gasteiger partial charge in [-0.2, -0.15) is 0 Å². The fraction of sp³-hybridized carbons (Fsp3) is 1.00. The van der Waals surface area contributed by atoms with Crippen molar-refractivity contribution in [3.63, 3.8) is 0 Å². The molecule has 52 valence electrons. The van der Waals surface area contributed by atoms with Crippen molar-refractivity contribution in [2.45, 2.75) is 11.9 Å². The van der Waals surface area contributed by atoms with Gasteiger partial charge in [0.1, 0.15) is 0 Å². The van der Waals surface area contributed by atoms with Crippen LogP contribution >= 0.6 is 0 Å². The van der Waals surface area contributed by atoms with Gasteiger partial charge in [-0.15, -0.1) is 0 Å². The summed E-state index contributed by atoms with van der Waals surface area (Å²) >= 11 is -3.06. The standard InChI is InChI=1S/C2H3F3O2S.Zn/c3-1(4)2(5)8(6)7;/h1-2H,(H,6,7);. The Morgan fingerprint density at radius 2 is 1.67 bits per heavy atom. The summed E-state index contributed by atoms with van der Waals surface area (Å²) < 4.78 is 50.3. The molecule has 0 spiro atoms. The van der Waals surface area contributed by atoms with E-state index in [0.29, 0.717) is 0 Å². The topological polar surface area (TPSA) is 37.3 Å². The van der Waals surface area contributed by atoms with Crippen molar-refractivity contribution in [2.75, 3.05) is 0 Å². The van der Waals surface area contributed by atoms with Crippen LogP contribution in [0.2, 0.25) is 0 Å². The molecule has 2 nitrogen and oxygen atoms in total. The molecular weight excluding hydrogens is 210 g/mol. The average Bonchev–Trinajstić information content (AvgIpc) is 1.64. The van der Waals surface area contributed by atoms with Gasteiger partial charge in [0, 0.05) is 19.5 Å². The minimum Gasteiger partial charge on any atom is -0.304 e. The Labute approximate surface area is 64.9 Å². The normalized spacial score (nSPS) is 16.6. The van der Waals surface area contributed by atoms with Gasteiger partial charge in [-0.1, -0.05) is 0 Å². The molecule has 0 heterocycles. The van der Waals surface area contributed by atoms with E-state index in [1.165, 1.54) is 0 Å². The number of alkyl halides is 3. The van der Waals surface area contributed by atoms with E-state index in [4.69, 9.17) is 4.55 Å². The van der Waals surface area contributed by atoms with Crippen LogP contribution in [0.15, 0.2) is 0 Å². The minimum atomic E-state index is -3.37. The Hall–Kier alpha value is 0.523. The molecule has 0 amide bonds. The molecule has 2 unspecified atom stereocenters.